The zero-order valence-electron chi connectivity index (χ0n) is 13.0. The fraction of sp³-hybridized carbons (Fsp3) is 0.176. The molecule has 126 valence electrons. The highest BCUT2D eigenvalue weighted by molar-refractivity contribution is 7.11. The van der Waals surface area contributed by atoms with E-state index in [1.807, 2.05) is 46.7 Å². The Hall–Kier alpha value is -2.58. The molecule has 0 bridgehead atoms. The second-order valence-electron chi connectivity index (χ2n) is 5.66. The van der Waals surface area contributed by atoms with Crippen molar-refractivity contribution < 1.29 is 9.47 Å². The third-order valence-corrected chi connectivity index (χ3v) is 5.98. The van der Waals surface area contributed by atoms with Gasteiger partial charge in [-0.25, -0.2) is 4.99 Å². The number of ether oxygens (including phenoxy) is 2. The molecule has 8 heteroatoms. The molecule has 6 nitrogen and oxygen atoms in total. The van der Waals surface area contributed by atoms with Gasteiger partial charge in [-0.3, -0.25) is 9.36 Å². The van der Waals surface area contributed by atoms with Crippen LogP contribution >= 0.6 is 22.7 Å². The fourth-order valence-electron chi connectivity index (χ4n) is 2.86. The molecular formula is C17H13N3O3S2. The highest BCUT2D eigenvalue weighted by atomic mass is 32.1. The Morgan fingerprint density at radius 3 is 3.00 bits per heavy atom. The van der Waals surface area contributed by atoms with Crippen LogP contribution in [0.15, 0.2) is 45.5 Å². The maximum Gasteiger partial charge on any atom is 0.271 e. The molecule has 4 heterocycles. The minimum Gasteiger partial charge on any atom is -0.454 e. The number of aromatic nitrogens is 1. The van der Waals surface area contributed by atoms with Crippen molar-refractivity contribution in [3.05, 3.63) is 60.3 Å². The molecule has 0 amide bonds. The number of rotatable bonds is 2. The summed E-state index contributed by atoms with van der Waals surface area (Å²) in [6.45, 7) is 1.24. The van der Waals surface area contributed by atoms with Crippen LogP contribution in [0.2, 0.25) is 0 Å². The lowest BCUT2D eigenvalue weighted by atomic mass is 10.2. The summed E-state index contributed by atoms with van der Waals surface area (Å²) in [7, 11) is 0. The van der Waals surface area contributed by atoms with Gasteiger partial charge in [0.25, 0.3) is 5.56 Å². The molecule has 2 aliphatic rings. The first-order valence-electron chi connectivity index (χ1n) is 7.72. The number of thiophene rings is 1. The van der Waals surface area contributed by atoms with Crippen molar-refractivity contribution in [2.45, 2.75) is 6.67 Å². The molecule has 0 radical (unpaired) electrons. The second-order valence-corrected chi connectivity index (χ2v) is 7.65. The van der Waals surface area contributed by atoms with Crippen LogP contribution < -0.4 is 29.3 Å². The first-order chi connectivity index (χ1) is 12.3. The summed E-state index contributed by atoms with van der Waals surface area (Å²) < 4.78 is 13.2. The van der Waals surface area contributed by atoms with Gasteiger partial charge in [-0.1, -0.05) is 17.4 Å². The van der Waals surface area contributed by atoms with Crippen molar-refractivity contribution in [3.8, 4) is 11.5 Å². The van der Waals surface area contributed by atoms with E-state index in [2.05, 4.69) is 4.99 Å². The van der Waals surface area contributed by atoms with E-state index in [1.54, 1.807) is 15.9 Å². The molecule has 3 aromatic rings. The van der Waals surface area contributed by atoms with Gasteiger partial charge < -0.3 is 14.4 Å². The van der Waals surface area contributed by atoms with Crippen LogP contribution in [0.3, 0.4) is 0 Å². The van der Waals surface area contributed by atoms with Gasteiger partial charge >= 0.3 is 0 Å². The molecule has 2 aliphatic heterocycles. The maximum absolute atomic E-state index is 12.7. The van der Waals surface area contributed by atoms with Crippen molar-refractivity contribution in [3.63, 3.8) is 0 Å². The van der Waals surface area contributed by atoms with Crippen LogP contribution in [-0.2, 0) is 6.67 Å². The zero-order chi connectivity index (χ0) is 16.8. The van der Waals surface area contributed by atoms with E-state index in [-0.39, 0.29) is 12.4 Å². The Morgan fingerprint density at radius 1 is 1.20 bits per heavy atom. The molecule has 0 saturated heterocycles. The van der Waals surface area contributed by atoms with Crippen molar-refractivity contribution in [1.82, 2.24) is 4.57 Å². The molecule has 2 aromatic heterocycles. The largest absolute Gasteiger partial charge is 0.454 e. The average Bonchev–Trinajstić information content (AvgIpc) is 3.36. The first-order valence-corrected chi connectivity index (χ1v) is 9.41. The Labute approximate surface area is 150 Å². The van der Waals surface area contributed by atoms with E-state index < -0.39 is 0 Å². The van der Waals surface area contributed by atoms with Gasteiger partial charge in [0, 0.05) is 16.6 Å². The van der Waals surface area contributed by atoms with E-state index in [9.17, 15) is 4.79 Å². The minimum absolute atomic E-state index is 0.00240. The first kappa shape index (κ1) is 14.7. The van der Waals surface area contributed by atoms with Gasteiger partial charge in [-0.05, 0) is 29.7 Å². The molecule has 25 heavy (non-hydrogen) atoms. The lowest BCUT2D eigenvalue weighted by Gasteiger charge is -2.25. The highest BCUT2D eigenvalue weighted by Crippen LogP contribution is 2.35. The van der Waals surface area contributed by atoms with E-state index in [1.165, 1.54) is 11.3 Å². The second kappa shape index (κ2) is 5.75. The third kappa shape index (κ3) is 2.54. The van der Waals surface area contributed by atoms with E-state index >= 15 is 0 Å². The summed E-state index contributed by atoms with van der Waals surface area (Å²) in [6, 6.07) is 9.76. The summed E-state index contributed by atoms with van der Waals surface area (Å²) >= 11 is 3.06. The van der Waals surface area contributed by atoms with Gasteiger partial charge in [0.1, 0.15) is 13.3 Å². The number of benzene rings is 1. The normalized spacial score (nSPS) is 16.0. The summed E-state index contributed by atoms with van der Waals surface area (Å²) in [6.07, 6.45) is 1.93. The summed E-state index contributed by atoms with van der Waals surface area (Å²) in [5.41, 5.74) is 0.961. The van der Waals surface area contributed by atoms with Gasteiger partial charge in [-0.15, -0.1) is 11.3 Å². The third-order valence-electron chi connectivity index (χ3n) is 4.11. The quantitative estimate of drug-likeness (QED) is 0.686. The van der Waals surface area contributed by atoms with Gasteiger partial charge in [0.05, 0.1) is 4.53 Å². The predicted molar refractivity (Wildman–Crippen MR) is 97.2 cm³/mol. The number of hydrogen-bond acceptors (Lipinski definition) is 7. The Kier molecular flexibility index (Phi) is 3.39. The smallest absolute Gasteiger partial charge is 0.271 e. The number of anilines is 1. The van der Waals surface area contributed by atoms with Crippen molar-refractivity contribution in [2.75, 3.05) is 18.4 Å². The van der Waals surface area contributed by atoms with Gasteiger partial charge in [0.2, 0.25) is 6.79 Å². The summed E-state index contributed by atoms with van der Waals surface area (Å²) in [5.74, 6) is 1.48. The molecule has 0 spiro atoms. The molecule has 0 unspecified atom stereocenters. The molecule has 0 N–H and O–H groups in total. The van der Waals surface area contributed by atoms with Crippen LogP contribution in [0.5, 0.6) is 11.5 Å². The van der Waals surface area contributed by atoms with E-state index in [0.29, 0.717) is 17.9 Å². The molecule has 5 rings (SSSR count). The fourth-order valence-corrected chi connectivity index (χ4v) is 4.54. The van der Waals surface area contributed by atoms with Crippen molar-refractivity contribution in [2.24, 2.45) is 4.99 Å². The maximum atomic E-state index is 12.7. The van der Waals surface area contributed by atoms with Crippen LogP contribution in [0.25, 0.3) is 6.08 Å². The van der Waals surface area contributed by atoms with Crippen molar-refractivity contribution >= 4 is 34.4 Å². The number of fused-ring (bicyclic) bond motifs is 2. The number of thiazole rings is 1. The standard InChI is InChI=1S/C17H13N3O3S2/c21-16-15(7-12-2-1-5-24-12)25-17-18-8-19(9-20(16)17)11-3-4-13-14(6-11)23-10-22-13/h1-7H,8-10H2/b15-7-. The average molecular weight is 371 g/mol. The molecule has 0 fully saturated rings. The molecule has 0 atom stereocenters. The number of nitrogens with zero attached hydrogens (tertiary/aromatic N) is 3. The van der Waals surface area contributed by atoms with E-state index in [4.69, 9.17) is 9.47 Å². The molecule has 0 saturated carbocycles. The number of hydrogen-bond donors (Lipinski definition) is 0. The van der Waals surface area contributed by atoms with E-state index in [0.717, 1.165) is 26.9 Å². The van der Waals surface area contributed by atoms with Crippen LogP contribution in [0, 0.1) is 0 Å². The monoisotopic (exact) mass is 371 g/mol. The topological polar surface area (TPSA) is 56.1 Å². The minimum atomic E-state index is 0.00240. The Balaban J connectivity index is 1.51. The lowest BCUT2D eigenvalue weighted by molar-refractivity contribution is 0.174. The lowest BCUT2D eigenvalue weighted by Crippen LogP contribution is -2.42. The van der Waals surface area contributed by atoms with Gasteiger partial charge in [0.15, 0.2) is 16.3 Å². The highest BCUT2D eigenvalue weighted by Gasteiger charge is 2.19. The Bertz CT molecular complexity index is 1120. The summed E-state index contributed by atoms with van der Waals surface area (Å²) in [4.78, 5) is 21.2. The van der Waals surface area contributed by atoms with Gasteiger partial charge in [-0.2, -0.15) is 0 Å². The molecule has 1 aromatic carbocycles. The SMILES string of the molecule is O=c1/c(=C/c2cccs2)sc2n1CN(c1ccc3c(c1)OCO3)CN=2. The van der Waals surface area contributed by atoms with Crippen LogP contribution in [0.4, 0.5) is 5.69 Å². The molecule has 0 aliphatic carbocycles. The summed E-state index contributed by atoms with van der Waals surface area (Å²) in [5, 5.41) is 2.00. The molecular weight excluding hydrogens is 358 g/mol. The van der Waals surface area contributed by atoms with Crippen molar-refractivity contribution in [1.29, 1.82) is 0 Å². The van der Waals surface area contributed by atoms with Crippen LogP contribution in [0.1, 0.15) is 4.88 Å². The zero-order valence-corrected chi connectivity index (χ0v) is 14.7. The van der Waals surface area contributed by atoms with Crippen LogP contribution in [-0.4, -0.2) is 18.0 Å². The predicted octanol–water partition coefficient (Wildman–Crippen LogP) is 1.58. The Morgan fingerprint density at radius 2 is 2.12 bits per heavy atom.